The fourth-order valence-electron chi connectivity index (χ4n) is 2.97. The molecule has 4 heteroatoms. The molecule has 0 spiro atoms. The molecule has 0 amide bonds. The van der Waals surface area contributed by atoms with Crippen molar-refractivity contribution in [3.63, 3.8) is 0 Å². The van der Waals surface area contributed by atoms with Gasteiger partial charge in [-0.2, -0.15) is 0 Å². The number of nitrogens with zero attached hydrogens (tertiary/aromatic N) is 1. The number of rotatable bonds is 6. The Bertz CT molecular complexity index is 427. The van der Waals surface area contributed by atoms with E-state index in [4.69, 9.17) is 16.3 Å². The Morgan fingerprint density at radius 2 is 2.24 bits per heavy atom. The fraction of sp³-hybridized carbons (Fsp3) is 0.647. The molecule has 3 nitrogen and oxygen atoms in total. The highest BCUT2D eigenvalue weighted by Crippen LogP contribution is 2.25. The summed E-state index contributed by atoms with van der Waals surface area (Å²) in [5.74, 6) is 0. The minimum atomic E-state index is 0.322. The van der Waals surface area contributed by atoms with Crippen molar-refractivity contribution in [2.75, 3.05) is 32.8 Å². The zero-order valence-corrected chi connectivity index (χ0v) is 13.9. The molecular formula is C17H27ClN2O. The van der Waals surface area contributed by atoms with Crippen molar-refractivity contribution in [1.29, 1.82) is 0 Å². The number of ether oxygens (including phenoxy) is 1. The van der Waals surface area contributed by atoms with Crippen LogP contribution in [0.5, 0.6) is 0 Å². The quantitative estimate of drug-likeness (QED) is 0.870. The van der Waals surface area contributed by atoms with E-state index in [0.29, 0.717) is 12.1 Å². The first-order valence-corrected chi connectivity index (χ1v) is 8.40. The van der Waals surface area contributed by atoms with Crippen molar-refractivity contribution in [1.82, 2.24) is 10.2 Å². The van der Waals surface area contributed by atoms with E-state index in [1.165, 1.54) is 5.56 Å². The van der Waals surface area contributed by atoms with Crippen LogP contribution in [0.1, 0.15) is 38.3 Å². The molecule has 1 aromatic rings. The van der Waals surface area contributed by atoms with Crippen molar-refractivity contribution in [2.24, 2.45) is 0 Å². The number of halogens is 1. The maximum atomic E-state index is 6.35. The largest absolute Gasteiger partial charge is 0.377 e. The maximum absolute atomic E-state index is 6.35. The summed E-state index contributed by atoms with van der Waals surface area (Å²) < 4.78 is 5.71. The lowest BCUT2D eigenvalue weighted by atomic mass is 10.0. The fourth-order valence-corrected chi connectivity index (χ4v) is 3.23. The molecule has 0 saturated carbocycles. The second-order valence-corrected chi connectivity index (χ2v) is 6.16. The SMILES string of the molecule is CCNC(CCN1CCCOC(C)C1)c1ccccc1Cl. The van der Waals surface area contributed by atoms with Crippen LogP contribution in [0.2, 0.25) is 5.02 Å². The standard InChI is InChI=1S/C17H27ClN2O/c1-3-19-17(15-7-4-5-8-16(15)18)9-11-20-10-6-12-21-14(2)13-20/h4-5,7-8,14,17,19H,3,6,9-13H2,1-2H3. The van der Waals surface area contributed by atoms with E-state index in [-0.39, 0.29) is 0 Å². The highest BCUT2D eigenvalue weighted by Gasteiger charge is 2.18. The van der Waals surface area contributed by atoms with Crippen LogP contribution in [-0.2, 0) is 4.74 Å². The lowest BCUT2D eigenvalue weighted by Crippen LogP contribution is -2.33. The summed E-state index contributed by atoms with van der Waals surface area (Å²) in [6, 6.07) is 8.48. The molecule has 1 saturated heterocycles. The van der Waals surface area contributed by atoms with Gasteiger partial charge in [0.05, 0.1) is 6.10 Å². The van der Waals surface area contributed by atoms with Crippen molar-refractivity contribution >= 4 is 11.6 Å². The van der Waals surface area contributed by atoms with Gasteiger partial charge in [0, 0.05) is 37.3 Å². The average Bonchev–Trinajstić information content (AvgIpc) is 2.68. The summed E-state index contributed by atoms with van der Waals surface area (Å²) in [6.07, 6.45) is 2.54. The van der Waals surface area contributed by atoms with E-state index < -0.39 is 0 Å². The van der Waals surface area contributed by atoms with Crippen LogP contribution < -0.4 is 5.32 Å². The van der Waals surface area contributed by atoms with Gasteiger partial charge < -0.3 is 15.0 Å². The van der Waals surface area contributed by atoms with E-state index in [9.17, 15) is 0 Å². The van der Waals surface area contributed by atoms with E-state index in [0.717, 1.165) is 50.7 Å². The van der Waals surface area contributed by atoms with Gasteiger partial charge in [0.15, 0.2) is 0 Å². The molecule has 2 unspecified atom stereocenters. The summed E-state index contributed by atoms with van der Waals surface area (Å²) >= 11 is 6.35. The Hall–Kier alpha value is -0.610. The topological polar surface area (TPSA) is 24.5 Å². The number of hydrogen-bond acceptors (Lipinski definition) is 3. The molecule has 0 aliphatic carbocycles. The first kappa shape index (κ1) is 16.8. The van der Waals surface area contributed by atoms with Crippen LogP contribution in [0.15, 0.2) is 24.3 Å². The van der Waals surface area contributed by atoms with Crippen molar-refractivity contribution in [3.05, 3.63) is 34.9 Å². The zero-order valence-electron chi connectivity index (χ0n) is 13.1. The molecule has 118 valence electrons. The van der Waals surface area contributed by atoms with E-state index in [1.54, 1.807) is 0 Å². The summed E-state index contributed by atoms with van der Waals surface area (Å²) in [5.41, 5.74) is 1.21. The Labute approximate surface area is 133 Å². The monoisotopic (exact) mass is 310 g/mol. The predicted molar refractivity (Wildman–Crippen MR) is 89.0 cm³/mol. The van der Waals surface area contributed by atoms with Gasteiger partial charge in [-0.3, -0.25) is 0 Å². The highest BCUT2D eigenvalue weighted by atomic mass is 35.5. The zero-order chi connectivity index (χ0) is 15.1. The van der Waals surface area contributed by atoms with E-state index in [1.807, 2.05) is 12.1 Å². The van der Waals surface area contributed by atoms with Crippen LogP contribution in [0.25, 0.3) is 0 Å². The third kappa shape index (κ3) is 5.26. The minimum absolute atomic E-state index is 0.322. The van der Waals surface area contributed by atoms with Crippen molar-refractivity contribution in [2.45, 2.75) is 38.8 Å². The molecule has 0 radical (unpaired) electrons. The molecule has 1 aliphatic heterocycles. The molecule has 1 aromatic carbocycles. The van der Waals surface area contributed by atoms with Crippen molar-refractivity contribution in [3.8, 4) is 0 Å². The van der Waals surface area contributed by atoms with Crippen LogP contribution >= 0.6 is 11.6 Å². The molecule has 1 fully saturated rings. The Kier molecular flexibility index (Phi) is 6.97. The van der Waals surface area contributed by atoms with Gasteiger partial charge in [0.1, 0.15) is 0 Å². The molecular weight excluding hydrogens is 284 g/mol. The van der Waals surface area contributed by atoms with Crippen LogP contribution in [0, 0.1) is 0 Å². The Balaban J connectivity index is 1.95. The van der Waals surface area contributed by atoms with Crippen molar-refractivity contribution < 1.29 is 4.74 Å². The summed E-state index contributed by atoms with van der Waals surface area (Å²) in [5, 5.41) is 4.42. The predicted octanol–water partition coefficient (Wildman–Crippen LogP) is 3.49. The third-order valence-electron chi connectivity index (χ3n) is 4.00. The van der Waals surface area contributed by atoms with Crippen LogP contribution in [0.4, 0.5) is 0 Å². The van der Waals surface area contributed by atoms with Gasteiger partial charge in [-0.25, -0.2) is 0 Å². The van der Waals surface area contributed by atoms with Gasteiger partial charge in [-0.05, 0) is 37.9 Å². The minimum Gasteiger partial charge on any atom is -0.377 e. The normalized spacial score (nSPS) is 22.0. The molecule has 0 bridgehead atoms. The second-order valence-electron chi connectivity index (χ2n) is 5.76. The second kappa shape index (κ2) is 8.74. The van der Waals surface area contributed by atoms with Gasteiger partial charge in [0.2, 0.25) is 0 Å². The van der Waals surface area contributed by atoms with Gasteiger partial charge in [0.25, 0.3) is 0 Å². The van der Waals surface area contributed by atoms with Crippen LogP contribution in [-0.4, -0.2) is 43.8 Å². The lowest BCUT2D eigenvalue weighted by molar-refractivity contribution is 0.0672. The molecule has 21 heavy (non-hydrogen) atoms. The first-order chi connectivity index (χ1) is 10.2. The molecule has 1 aliphatic rings. The van der Waals surface area contributed by atoms with Gasteiger partial charge in [-0.1, -0.05) is 36.7 Å². The number of nitrogens with one attached hydrogen (secondary N) is 1. The molecule has 2 atom stereocenters. The summed E-state index contributed by atoms with van der Waals surface area (Å²) in [7, 11) is 0. The Morgan fingerprint density at radius 3 is 3.00 bits per heavy atom. The van der Waals surface area contributed by atoms with Crippen LogP contribution in [0.3, 0.4) is 0 Å². The molecule has 1 heterocycles. The number of hydrogen-bond donors (Lipinski definition) is 1. The molecule has 0 aromatic heterocycles. The van der Waals surface area contributed by atoms with Gasteiger partial charge in [-0.15, -0.1) is 0 Å². The molecule has 2 rings (SSSR count). The summed E-state index contributed by atoms with van der Waals surface area (Å²) in [6.45, 7) is 9.39. The third-order valence-corrected chi connectivity index (χ3v) is 4.35. The van der Waals surface area contributed by atoms with E-state index >= 15 is 0 Å². The smallest absolute Gasteiger partial charge is 0.0673 e. The number of benzene rings is 1. The highest BCUT2D eigenvalue weighted by molar-refractivity contribution is 6.31. The van der Waals surface area contributed by atoms with Gasteiger partial charge >= 0.3 is 0 Å². The maximum Gasteiger partial charge on any atom is 0.0673 e. The first-order valence-electron chi connectivity index (χ1n) is 8.02. The molecule has 1 N–H and O–H groups in total. The summed E-state index contributed by atoms with van der Waals surface area (Å²) in [4.78, 5) is 2.51. The lowest BCUT2D eigenvalue weighted by Gasteiger charge is -2.26. The average molecular weight is 311 g/mol. The van der Waals surface area contributed by atoms with E-state index in [2.05, 4.69) is 36.2 Å². The Morgan fingerprint density at radius 1 is 1.43 bits per heavy atom.